The normalized spacial score (nSPS) is 10.5. The summed E-state index contributed by atoms with van der Waals surface area (Å²) in [5.74, 6) is 1.35. The molecule has 7 heteroatoms. The van der Waals surface area contributed by atoms with Gasteiger partial charge in [-0.05, 0) is 24.3 Å². The Morgan fingerprint density at radius 3 is 2.87 bits per heavy atom. The quantitative estimate of drug-likeness (QED) is 0.479. The number of nitrogens with one attached hydrogen (secondary N) is 1. The van der Waals surface area contributed by atoms with Gasteiger partial charge in [0.05, 0.1) is 31.2 Å². The third-order valence-corrected chi connectivity index (χ3v) is 3.77. The maximum absolute atomic E-state index is 11.7. The van der Waals surface area contributed by atoms with Gasteiger partial charge in [0.1, 0.15) is 11.5 Å². The van der Waals surface area contributed by atoms with Crippen LogP contribution in [0.25, 0.3) is 0 Å². The van der Waals surface area contributed by atoms with Gasteiger partial charge in [-0.2, -0.15) is 5.10 Å². The first-order valence-corrected chi connectivity index (χ1v) is 7.79. The Morgan fingerprint density at radius 1 is 1.30 bits per heavy atom. The predicted octanol–water partition coefficient (Wildman–Crippen LogP) is 2.34. The summed E-state index contributed by atoms with van der Waals surface area (Å²) in [6.45, 7) is 0. The number of methoxy groups -OCH3 is 2. The lowest BCUT2D eigenvalue weighted by molar-refractivity contribution is -0.118. The minimum Gasteiger partial charge on any atom is -0.497 e. The van der Waals surface area contributed by atoms with Gasteiger partial charge in [0.15, 0.2) is 0 Å². The first-order valence-electron chi connectivity index (χ1n) is 6.80. The molecule has 0 saturated carbocycles. The molecule has 0 aliphatic rings. The number of hydrogen-bond donors (Lipinski definition) is 1. The first kappa shape index (κ1) is 16.8. The molecule has 0 unspecified atom stereocenters. The number of carbonyl (C=O) groups excluding carboxylic acids is 1. The zero-order chi connectivity index (χ0) is 16.5. The summed E-state index contributed by atoms with van der Waals surface area (Å²) in [7, 11) is 3.15. The SMILES string of the molecule is COc1ccc(/C=N/NC(=O)CSc2ccccn2)c(OC)c1. The molecule has 1 N–H and O–H groups in total. The van der Waals surface area contributed by atoms with Crippen LogP contribution in [0.1, 0.15) is 5.56 Å². The Balaban J connectivity index is 1.87. The maximum Gasteiger partial charge on any atom is 0.250 e. The highest BCUT2D eigenvalue weighted by molar-refractivity contribution is 7.99. The second-order valence-corrected chi connectivity index (χ2v) is 5.35. The van der Waals surface area contributed by atoms with E-state index in [0.29, 0.717) is 11.5 Å². The van der Waals surface area contributed by atoms with Crippen molar-refractivity contribution in [1.82, 2.24) is 10.4 Å². The zero-order valence-electron chi connectivity index (χ0n) is 12.9. The topological polar surface area (TPSA) is 72.8 Å². The molecule has 0 aliphatic heterocycles. The van der Waals surface area contributed by atoms with Crippen molar-refractivity contribution in [2.75, 3.05) is 20.0 Å². The number of benzene rings is 1. The summed E-state index contributed by atoms with van der Waals surface area (Å²) < 4.78 is 10.4. The Hall–Kier alpha value is -2.54. The molecule has 6 nitrogen and oxygen atoms in total. The fourth-order valence-corrected chi connectivity index (χ4v) is 2.36. The molecule has 0 aliphatic carbocycles. The predicted molar refractivity (Wildman–Crippen MR) is 90.2 cm³/mol. The molecule has 1 amide bonds. The van der Waals surface area contributed by atoms with Crippen LogP contribution in [-0.4, -0.2) is 37.1 Å². The summed E-state index contributed by atoms with van der Waals surface area (Å²) in [5, 5.41) is 4.73. The molecule has 2 aromatic rings. The van der Waals surface area contributed by atoms with Crippen LogP contribution in [0.3, 0.4) is 0 Å². The smallest absolute Gasteiger partial charge is 0.250 e. The monoisotopic (exact) mass is 331 g/mol. The second kappa shape index (κ2) is 8.79. The van der Waals surface area contributed by atoms with Crippen LogP contribution in [-0.2, 0) is 4.79 Å². The molecule has 1 aromatic carbocycles. The number of amides is 1. The van der Waals surface area contributed by atoms with E-state index in [4.69, 9.17) is 9.47 Å². The van der Waals surface area contributed by atoms with Crippen LogP contribution in [0.4, 0.5) is 0 Å². The number of thioether (sulfide) groups is 1. The van der Waals surface area contributed by atoms with Crippen molar-refractivity contribution in [1.29, 1.82) is 0 Å². The van der Waals surface area contributed by atoms with E-state index in [0.717, 1.165) is 10.6 Å². The van der Waals surface area contributed by atoms with Crippen molar-refractivity contribution >= 4 is 23.9 Å². The fraction of sp³-hybridized carbons (Fsp3) is 0.188. The lowest BCUT2D eigenvalue weighted by atomic mass is 10.2. The zero-order valence-corrected chi connectivity index (χ0v) is 13.7. The second-order valence-electron chi connectivity index (χ2n) is 4.36. The van der Waals surface area contributed by atoms with Crippen LogP contribution in [0.2, 0.25) is 0 Å². The van der Waals surface area contributed by atoms with Gasteiger partial charge in [0.2, 0.25) is 5.91 Å². The highest BCUT2D eigenvalue weighted by Gasteiger charge is 2.04. The van der Waals surface area contributed by atoms with Crippen LogP contribution >= 0.6 is 11.8 Å². The highest BCUT2D eigenvalue weighted by atomic mass is 32.2. The number of aromatic nitrogens is 1. The highest BCUT2D eigenvalue weighted by Crippen LogP contribution is 2.23. The van der Waals surface area contributed by atoms with Crippen molar-refractivity contribution in [2.45, 2.75) is 5.03 Å². The molecular weight excluding hydrogens is 314 g/mol. The van der Waals surface area contributed by atoms with Gasteiger partial charge < -0.3 is 9.47 Å². The average Bonchev–Trinajstić information content (AvgIpc) is 2.61. The molecule has 0 bridgehead atoms. The van der Waals surface area contributed by atoms with Gasteiger partial charge in [0, 0.05) is 17.8 Å². The van der Waals surface area contributed by atoms with Gasteiger partial charge in [-0.25, -0.2) is 10.4 Å². The van der Waals surface area contributed by atoms with E-state index in [1.165, 1.54) is 18.0 Å². The third kappa shape index (κ3) is 5.30. The summed E-state index contributed by atoms with van der Waals surface area (Å²) in [5.41, 5.74) is 3.22. The van der Waals surface area contributed by atoms with Gasteiger partial charge >= 0.3 is 0 Å². The number of nitrogens with zero attached hydrogens (tertiary/aromatic N) is 2. The van der Waals surface area contributed by atoms with E-state index < -0.39 is 0 Å². The lowest BCUT2D eigenvalue weighted by Crippen LogP contribution is -2.19. The molecule has 0 atom stereocenters. The van der Waals surface area contributed by atoms with E-state index in [1.807, 2.05) is 18.2 Å². The molecule has 1 aromatic heterocycles. The van der Waals surface area contributed by atoms with Crippen molar-refractivity contribution in [3.8, 4) is 11.5 Å². The van der Waals surface area contributed by atoms with Gasteiger partial charge in [-0.15, -0.1) is 0 Å². The minimum atomic E-state index is -0.204. The lowest BCUT2D eigenvalue weighted by Gasteiger charge is -2.06. The number of carbonyl (C=O) groups is 1. The molecule has 120 valence electrons. The van der Waals surface area contributed by atoms with Gasteiger partial charge in [-0.3, -0.25) is 4.79 Å². The summed E-state index contributed by atoms with van der Waals surface area (Å²) in [4.78, 5) is 15.9. The Morgan fingerprint density at radius 2 is 2.17 bits per heavy atom. The number of rotatable bonds is 7. The van der Waals surface area contributed by atoms with E-state index >= 15 is 0 Å². The third-order valence-electron chi connectivity index (χ3n) is 2.82. The van der Waals surface area contributed by atoms with E-state index in [2.05, 4.69) is 15.5 Å². The Kier molecular flexibility index (Phi) is 6.43. The van der Waals surface area contributed by atoms with Crippen molar-refractivity contribution in [3.63, 3.8) is 0 Å². The van der Waals surface area contributed by atoms with Crippen LogP contribution in [0, 0.1) is 0 Å². The molecule has 0 saturated heterocycles. The molecule has 1 heterocycles. The summed E-state index contributed by atoms with van der Waals surface area (Å²) in [6, 6.07) is 10.9. The average molecular weight is 331 g/mol. The molecule has 2 rings (SSSR count). The van der Waals surface area contributed by atoms with Crippen molar-refractivity contribution in [2.24, 2.45) is 5.10 Å². The van der Waals surface area contributed by atoms with Gasteiger partial charge in [-0.1, -0.05) is 17.8 Å². The minimum absolute atomic E-state index is 0.204. The molecule has 0 spiro atoms. The van der Waals surface area contributed by atoms with Crippen LogP contribution in [0.15, 0.2) is 52.7 Å². The first-order chi connectivity index (χ1) is 11.2. The number of ether oxygens (including phenoxy) is 2. The van der Waals surface area contributed by atoms with Crippen molar-refractivity contribution in [3.05, 3.63) is 48.2 Å². The van der Waals surface area contributed by atoms with Crippen LogP contribution in [0.5, 0.6) is 11.5 Å². The molecule has 0 fully saturated rings. The van der Waals surface area contributed by atoms with E-state index in [1.54, 1.807) is 38.6 Å². The summed E-state index contributed by atoms with van der Waals surface area (Å²) in [6.07, 6.45) is 3.22. The van der Waals surface area contributed by atoms with Crippen LogP contribution < -0.4 is 14.9 Å². The number of hydrazone groups is 1. The maximum atomic E-state index is 11.7. The Labute approximate surface area is 138 Å². The number of hydrogen-bond acceptors (Lipinski definition) is 6. The molecule has 0 radical (unpaired) electrons. The number of pyridine rings is 1. The largest absolute Gasteiger partial charge is 0.497 e. The van der Waals surface area contributed by atoms with Crippen molar-refractivity contribution < 1.29 is 14.3 Å². The summed E-state index contributed by atoms with van der Waals surface area (Å²) >= 11 is 1.35. The standard InChI is InChI=1S/C16H17N3O3S/c1-21-13-7-6-12(14(9-13)22-2)10-18-19-15(20)11-23-16-5-3-4-8-17-16/h3-10H,11H2,1-2H3,(H,19,20)/b18-10+. The van der Waals surface area contributed by atoms with E-state index in [-0.39, 0.29) is 11.7 Å². The fourth-order valence-electron chi connectivity index (χ4n) is 1.70. The van der Waals surface area contributed by atoms with Gasteiger partial charge in [0.25, 0.3) is 0 Å². The molecule has 23 heavy (non-hydrogen) atoms. The van der Waals surface area contributed by atoms with E-state index in [9.17, 15) is 4.79 Å². The Bertz CT molecular complexity index is 678. The molecular formula is C16H17N3O3S.